The highest BCUT2D eigenvalue weighted by Gasteiger charge is 2.30. The standard InChI is InChI=1S/C13H13NOS2/c1-3-14-12(15)11(17-13(14)16)8-10-6-4-9(2)5-7-10/h4-8H,3H2,1-2H3/b11-8-. The Morgan fingerprint density at radius 3 is 2.53 bits per heavy atom. The van der Waals surface area contributed by atoms with Crippen LogP contribution in [0.25, 0.3) is 6.08 Å². The molecule has 1 saturated heterocycles. The van der Waals surface area contributed by atoms with Crippen molar-refractivity contribution in [3.05, 3.63) is 40.3 Å². The summed E-state index contributed by atoms with van der Waals surface area (Å²) in [5, 5.41) is 0. The minimum Gasteiger partial charge on any atom is -0.293 e. The van der Waals surface area contributed by atoms with Crippen LogP contribution in [0.1, 0.15) is 18.1 Å². The molecule has 4 heteroatoms. The van der Waals surface area contributed by atoms with Crippen molar-refractivity contribution in [2.45, 2.75) is 13.8 Å². The summed E-state index contributed by atoms with van der Waals surface area (Å²) < 4.78 is 0.649. The second-order valence-corrected chi connectivity index (χ2v) is 5.51. The van der Waals surface area contributed by atoms with Gasteiger partial charge in [-0.2, -0.15) is 0 Å². The van der Waals surface area contributed by atoms with E-state index in [1.165, 1.54) is 17.3 Å². The van der Waals surface area contributed by atoms with Gasteiger partial charge in [0.15, 0.2) is 0 Å². The Bertz CT molecular complexity index is 491. The summed E-state index contributed by atoms with van der Waals surface area (Å²) in [7, 11) is 0. The molecule has 2 nitrogen and oxygen atoms in total. The molecule has 0 bridgehead atoms. The van der Waals surface area contributed by atoms with Crippen molar-refractivity contribution in [1.82, 2.24) is 4.90 Å². The van der Waals surface area contributed by atoms with E-state index in [-0.39, 0.29) is 5.91 Å². The Labute approximate surface area is 111 Å². The van der Waals surface area contributed by atoms with Crippen LogP contribution >= 0.6 is 24.0 Å². The fraction of sp³-hybridized carbons (Fsp3) is 0.231. The first kappa shape index (κ1) is 12.3. The third-order valence-electron chi connectivity index (χ3n) is 2.56. The zero-order valence-corrected chi connectivity index (χ0v) is 11.4. The molecule has 2 rings (SSSR count). The molecule has 0 aromatic heterocycles. The molecule has 1 aliphatic rings. The third kappa shape index (κ3) is 2.58. The van der Waals surface area contributed by atoms with Gasteiger partial charge in [0.05, 0.1) is 4.91 Å². The maximum atomic E-state index is 12.0. The van der Waals surface area contributed by atoms with Crippen LogP contribution in [0.4, 0.5) is 0 Å². The summed E-state index contributed by atoms with van der Waals surface area (Å²) >= 11 is 6.53. The van der Waals surface area contributed by atoms with E-state index in [0.717, 1.165) is 5.56 Å². The van der Waals surface area contributed by atoms with E-state index in [4.69, 9.17) is 12.2 Å². The molecule has 1 aromatic carbocycles. The molecule has 0 N–H and O–H groups in total. The third-order valence-corrected chi connectivity index (χ3v) is 3.94. The van der Waals surface area contributed by atoms with Crippen molar-refractivity contribution < 1.29 is 4.79 Å². The van der Waals surface area contributed by atoms with Gasteiger partial charge >= 0.3 is 0 Å². The van der Waals surface area contributed by atoms with Crippen LogP contribution < -0.4 is 0 Å². The van der Waals surface area contributed by atoms with E-state index >= 15 is 0 Å². The van der Waals surface area contributed by atoms with Crippen LogP contribution in [0.5, 0.6) is 0 Å². The van der Waals surface area contributed by atoms with E-state index in [1.54, 1.807) is 4.90 Å². The Hall–Kier alpha value is -1.13. The number of hydrogen-bond acceptors (Lipinski definition) is 3. The summed E-state index contributed by atoms with van der Waals surface area (Å²) in [5.41, 5.74) is 2.25. The molecule has 1 fully saturated rings. The van der Waals surface area contributed by atoms with Gasteiger partial charge in [-0.25, -0.2) is 0 Å². The molecule has 17 heavy (non-hydrogen) atoms. The Morgan fingerprint density at radius 2 is 2.00 bits per heavy atom. The summed E-state index contributed by atoms with van der Waals surface area (Å²) in [4.78, 5) is 14.3. The second kappa shape index (κ2) is 5.02. The lowest BCUT2D eigenvalue weighted by Crippen LogP contribution is -2.27. The number of nitrogens with zero attached hydrogens (tertiary/aromatic N) is 1. The Morgan fingerprint density at radius 1 is 1.35 bits per heavy atom. The fourth-order valence-electron chi connectivity index (χ4n) is 1.59. The average molecular weight is 263 g/mol. The molecular formula is C13H13NOS2. The van der Waals surface area contributed by atoms with Gasteiger partial charge in [0, 0.05) is 6.54 Å². The number of amides is 1. The molecule has 1 aromatic rings. The number of carbonyl (C=O) groups is 1. The van der Waals surface area contributed by atoms with E-state index in [2.05, 4.69) is 0 Å². The number of likely N-dealkylation sites (N-methyl/N-ethyl adjacent to an activating group) is 1. The second-order valence-electron chi connectivity index (χ2n) is 3.84. The van der Waals surface area contributed by atoms with Crippen LogP contribution in [0, 0.1) is 6.92 Å². The molecule has 0 spiro atoms. The van der Waals surface area contributed by atoms with Crippen molar-refractivity contribution in [3.8, 4) is 0 Å². The predicted molar refractivity (Wildman–Crippen MR) is 76.7 cm³/mol. The fourth-order valence-corrected chi connectivity index (χ4v) is 2.97. The van der Waals surface area contributed by atoms with Crippen LogP contribution in [-0.4, -0.2) is 21.7 Å². The number of thiocarbonyl (C=S) groups is 1. The van der Waals surface area contributed by atoms with Crippen molar-refractivity contribution in [3.63, 3.8) is 0 Å². The van der Waals surface area contributed by atoms with Crippen LogP contribution in [-0.2, 0) is 4.79 Å². The number of benzene rings is 1. The molecule has 88 valence electrons. The van der Waals surface area contributed by atoms with Crippen LogP contribution in [0.15, 0.2) is 29.2 Å². The van der Waals surface area contributed by atoms with Gasteiger partial charge < -0.3 is 0 Å². The van der Waals surface area contributed by atoms with E-state index in [9.17, 15) is 4.79 Å². The molecule has 0 aliphatic carbocycles. The maximum Gasteiger partial charge on any atom is 0.266 e. The highest BCUT2D eigenvalue weighted by Crippen LogP contribution is 2.32. The summed E-state index contributed by atoms with van der Waals surface area (Å²) in [6, 6.07) is 8.08. The van der Waals surface area contributed by atoms with Gasteiger partial charge in [0.1, 0.15) is 4.32 Å². The SMILES string of the molecule is CCN1C(=O)/C(=C/c2ccc(C)cc2)SC1=S. The first-order valence-corrected chi connectivity index (χ1v) is 6.66. The van der Waals surface area contributed by atoms with Gasteiger partial charge in [-0.1, -0.05) is 53.8 Å². The lowest BCUT2D eigenvalue weighted by Gasteiger charge is -2.09. The zero-order valence-electron chi connectivity index (χ0n) is 9.77. The molecule has 0 atom stereocenters. The predicted octanol–water partition coefficient (Wildman–Crippen LogP) is 3.22. The molecule has 1 amide bonds. The topological polar surface area (TPSA) is 20.3 Å². The minimum absolute atomic E-state index is 0.0167. The molecule has 0 saturated carbocycles. The highest BCUT2D eigenvalue weighted by atomic mass is 32.2. The lowest BCUT2D eigenvalue weighted by molar-refractivity contribution is -0.121. The number of aryl methyl sites for hydroxylation is 1. The molecule has 0 radical (unpaired) electrons. The Balaban J connectivity index is 2.27. The van der Waals surface area contributed by atoms with Gasteiger partial charge in [0.25, 0.3) is 5.91 Å². The summed E-state index contributed by atoms with van der Waals surface area (Å²) in [6.07, 6.45) is 1.90. The van der Waals surface area contributed by atoms with Crippen molar-refractivity contribution in [2.24, 2.45) is 0 Å². The zero-order chi connectivity index (χ0) is 12.4. The van der Waals surface area contributed by atoms with Crippen LogP contribution in [0.2, 0.25) is 0 Å². The maximum absolute atomic E-state index is 12.0. The smallest absolute Gasteiger partial charge is 0.266 e. The van der Waals surface area contributed by atoms with Crippen molar-refractivity contribution in [1.29, 1.82) is 0 Å². The van der Waals surface area contributed by atoms with Gasteiger partial charge in [-0.05, 0) is 25.5 Å². The minimum atomic E-state index is 0.0167. The van der Waals surface area contributed by atoms with Crippen molar-refractivity contribution >= 4 is 40.3 Å². The first-order chi connectivity index (χ1) is 8.11. The molecular weight excluding hydrogens is 250 g/mol. The van der Waals surface area contributed by atoms with Gasteiger partial charge in [-0.15, -0.1) is 0 Å². The van der Waals surface area contributed by atoms with E-state index in [1.807, 2.05) is 44.2 Å². The quantitative estimate of drug-likeness (QED) is 0.603. The monoisotopic (exact) mass is 263 g/mol. The normalized spacial score (nSPS) is 18.2. The summed E-state index contributed by atoms with van der Waals surface area (Å²) in [6.45, 7) is 4.61. The molecule has 1 heterocycles. The number of thioether (sulfide) groups is 1. The van der Waals surface area contributed by atoms with Gasteiger partial charge in [0.2, 0.25) is 0 Å². The average Bonchev–Trinajstić information content (AvgIpc) is 2.57. The van der Waals surface area contributed by atoms with Crippen molar-refractivity contribution in [2.75, 3.05) is 6.54 Å². The number of rotatable bonds is 2. The molecule has 0 unspecified atom stereocenters. The summed E-state index contributed by atoms with van der Waals surface area (Å²) in [5.74, 6) is 0.0167. The first-order valence-electron chi connectivity index (χ1n) is 5.44. The lowest BCUT2D eigenvalue weighted by atomic mass is 10.1. The highest BCUT2D eigenvalue weighted by molar-refractivity contribution is 8.26. The van der Waals surface area contributed by atoms with Crippen LogP contribution in [0.3, 0.4) is 0 Å². The van der Waals surface area contributed by atoms with E-state index in [0.29, 0.717) is 15.8 Å². The molecule has 1 aliphatic heterocycles. The van der Waals surface area contributed by atoms with Gasteiger partial charge in [-0.3, -0.25) is 9.69 Å². The largest absolute Gasteiger partial charge is 0.293 e. The Kier molecular flexibility index (Phi) is 3.64. The number of hydrogen-bond donors (Lipinski definition) is 0. The number of carbonyl (C=O) groups excluding carboxylic acids is 1. The van der Waals surface area contributed by atoms with E-state index < -0.39 is 0 Å².